The molecule has 2 N–H and O–H groups in total. The predicted octanol–water partition coefficient (Wildman–Crippen LogP) is 6.43. The van der Waals surface area contributed by atoms with Gasteiger partial charge in [-0.05, 0) is 94.0 Å². The molecule has 0 spiro atoms. The van der Waals surface area contributed by atoms with Crippen LogP contribution in [0, 0.1) is 26.6 Å². The van der Waals surface area contributed by atoms with E-state index in [9.17, 15) is 4.79 Å². The molecule has 1 amide bonds. The first-order valence-electron chi connectivity index (χ1n) is 13.7. The fourth-order valence-electron chi connectivity index (χ4n) is 5.05. The summed E-state index contributed by atoms with van der Waals surface area (Å²) in [6, 6.07) is 11.1. The van der Waals surface area contributed by atoms with Gasteiger partial charge in [-0.15, -0.1) is 0 Å². The quantitative estimate of drug-likeness (QED) is 0.201. The van der Waals surface area contributed by atoms with Gasteiger partial charge in [0.1, 0.15) is 23.8 Å². The molecule has 0 aliphatic heterocycles. The van der Waals surface area contributed by atoms with Crippen molar-refractivity contribution in [3.05, 3.63) is 84.1 Å². The van der Waals surface area contributed by atoms with Crippen LogP contribution in [0.25, 0.3) is 44.5 Å². The van der Waals surface area contributed by atoms with Gasteiger partial charge in [-0.25, -0.2) is 9.37 Å². The van der Waals surface area contributed by atoms with Crippen LogP contribution in [-0.2, 0) is 11.8 Å². The summed E-state index contributed by atoms with van der Waals surface area (Å²) in [5, 5.41) is 8.04. The number of halogens is 1. The molecule has 0 radical (unpaired) electrons. The van der Waals surface area contributed by atoms with Crippen molar-refractivity contribution in [2.45, 2.75) is 20.8 Å². The SMILES string of the molecule is C=CC(=O)Nc1cc(-c2c(-c3ccc(OCCN(C)C)cc3)[nH]c3ncc(-c4cnn(C)c4C)c(C)c23)cc(F)c1C. The summed E-state index contributed by atoms with van der Waals surface area (Å²) in [6.45, 7) is 10.6. The summed E-state index contributed by atoms with van der Waals surface area (Å²) in [7, 11) is 5.91. The minimum atomic E-state index is -0.429. The number of likely N-dealkylation sites (N-methyl/N-ethyl adjacent to an activating group) is 1. The van der Waals surface area contributed by atoms with Gasteiger partial charge in [0.2, 0.25) is 5.91 Å². The monoisotopic (exact) mass is 566 g/mol. The van der Waals surface area contributed by atoms with Gasteiger partial charge in [0, 0.05) is 58.8 Å². The Morgan fingerprint density at radius 3 is 2.48 bits per heavy atom. The highest BCUT2D eigenvalue weighted by molar-refractivity contribution is 6.07. The second kappa shape index (κ2) is 11.6. The van der Waals surface area contributed by atoms with Crippen LogP contribution in [0.2, 0.25) is 0 Å². The van der Waals surface area contributed by atoms with Gasteiger partial charge in [-0.2, -0.15) is 5.10 Å². The molecule has 0 fully saturated rings. The summed E-state index contributed by atoms with van der Waals surface area (Å²) in [5.74, 6) is -0.0785. The Kier molecular flexibility index (Phi) is 7.95. The van der Waals surface area contributed by atoms with Gasteiger partial charge in [0.15, 0.2) is 0 Å². The van der Waals surface area contributed by atoms with Crippen LogP contribution in [0.5, 0.6) is 5.75 Å². The van der Waals surface area contributed by atoms with Gasteiger partial charge in [0.25, 0.3) is 0 Å². The van der Waals surface area contributed by atoms with Crippen LogP contribution in [0.4, 0.5) is 10.1 Å². The largest absolute Gasteiger partial charge is 0.492 e. The number of H-pyrrole nitrogens is 1. The van der Waals surface area contributed by atoms with Crippen molar-refractivity contribution in [2.75, 3.05) is 32.6 Å². The van der Waals surface area contributed by atoms with Crippen molar-refractivity contribution in [3.8, 4) is 39.3 Å². The smallest absolute Gasteiger partial charge is 0.247 e. The van der Waals surface area contributed by atoms with Crippen molar-refractivity contribution in [2.24, 2.45) is 7.05 Å². The van der Waals surface area contributed by atoms with E-state index in [4.69, 9.17) is 9.72 Å². The molecule has 5 aromatic rings. The summed E-state index contributed by atoms with van der Waals surface area (Å²) in [5.41, 5.74) is 8.37. The second-order valence-corrected chi connectivity index (χ2v) is 10.7. The third-order valence-corrected chi connectivity index (χ3v) is 7.63. The standard InChI is InChI=1S/C33H35FN6O2/c1-8-29(41)37-28-16-23(15-27(34)20(28)3)31-30-19(2)25(26-18-36-40(7)21(26)4)17-35-33(30)38-32(31)22-9-11-24(12-10-22)42-14-13-39(5)6/h8-12,15-18H,1,13-14H2,2-7H3,(H,35,38)(H,37,41). The fraction of sp³-hybridized carbons (Fsp3) is 0.242. The molecule has 0 bridgehead atoms. The van der Waals surface area contributed by atoms with Crippen LogP contribution >= 0.6 is 0 Å². The summed E-state index contributed by atoms with van der Waals surface area (Å²) >= 11 is 0. The highest BCUT2D eigenvalue weighted by atomic mass is 19.1. The molecule has 8 nitrogen and oxygen atoms in total. The topological polar surface area (TPSA) is 88.1 Å². The number of aromatic nitrogens is 4. The number of fused-ring (bicyclic) bond motifs is 1. The number of ether oxygens (including phenoxy) is 1. The van der Waals surface area contributed by atoms with Crippen LogP contribution < -0.4 is 10.1 Å². The van der Waals surface area contributed by atoms with E-state index < -0.39 is 11.7 Å². The van der Waals surface area contributed by atoms with E-state index in [-0.39, 0.29) is 0 Å². The second-order valence-electron chi connectivity index (χ2n) is 10.7. The zero-order valence-electron chi connectivity index (χ0n) is 24.8. The lowest BCUT2D eigenvalue weighted by atomic mass is 9.93. The van der Waals surface area contributed by atoms with Crippen molar-refractivity contribution >= 4 is 22.6 Å². The van der Waals surface area contributed by atoms with Crippen molar-refractivity contribution in [3.63, 3.8) is 0 Å². The maximum Gasteiger partial charge on any atom is 0.247 e. The molecule has 0 saturated heterocycles. The molecule has 3 aromatic heterocycles. The third-order valence-electron chi connectivity index (χ3n) is 7.63. The minimum absolute atomic E-state index is 0.344. The third kappa shape index (κ3) is 5.43. The van der Waals surface area contributed by atoms with E-state index >= 15 is 4.39 Å². The number of hydrogen-bond donors (Lipinski definition) is 2. The lowest BCUT2D eigenvalue weighted by molar-refractivity contribution is -0.111. The van der Waals surface area contributed by atoms with E-state index in [1.54, 1.807) is 13.0 Å². The maximum atomic E-state index is 15.4. The molecule has 5 rings (SSSR count). The number of aryl methyl sites for hydroxylation is 2. The number of aromatic amines is 1. The van der Waals surface area contributed by atoms with Crippen molar-refractivity contribution < 1.29 is 13.9 Å². The number of hydrogen-bond acceptors (Lipinski definition) is 5. The average molecular weight is 567 g/mol. The minimum Gasteiger partial charge on any atom is -0.492 e. The first-order valence-corrected chi connectivity index (χ1v) is 13.7. The Labute approximate surface area is 244 Å². The van der Waals surface area contributed by atoms with Gasteiger partial charge < -0.3 is 19.9 Å². The maximum absolute atomic E-state index is 15.4. The van der Waals surface area contributed by atoms with Gasteiger partial charge >= 0.3 is 0 Å². The highest BCUT2D eigenvalue weighted by Gasteiger charge is 2.23. The first kappa shape index (κ1) is 28.8. The van der Waals surface area contributed by atoms with Crippen molar-refractivity contribution in [1.29, 1.82) is 0 Å². The van der Waals surface area contributed by atoms with Crippen molar-refractivity contribution in [1.82, 2.24) is 24.6 Å². The first-order chi connectivity index (χ1) is 20.1. The molecule has 2 aromatic carbocycles. The number of nitrogens with one attached hydrogen (secondary N) is 2. The van der Waals surface area contributed by atoms with Gasteiger partial charge in [-0.3, -0.25) is 9.48 Å². The van der Waals surface area contributed by atoms with E-state index in [2.05, 4.69) is 26.9 Å². The molecule has 0 unspecified atom stereocenters. The molecule has 3 heterocycles. The van der Waals surface area contributed by atoms with Crippen LogP contribution in [0.15, 0.2) is 61.4 Å². The lowest BCUT2D eigenvalue weighted by Crippen LogP contribution is -2.19. The Balaban J connectivity index is 1.72. The van der Waals surface area contributed by atoms with Crippen LogP contribution in [0.1, 0.15) is 16.8 Å². The number of pyridine rings is 1. The van der Waals surface area contributed by atoms with E-state index in [1.165, 1.54) is 12.1 Å². The lowest BCUT2D eigenvalue weighted by Gasteiger charge is -2.14. The van der Waals surface area contributed by atoms with E-state index in [0.29, 0.717) is 29.1 Å². The fourth-order valence-corrected chi connectivity index (χ4v) is 5.05. The Morgan fingerprint density at radius 1 is 1.10 bits per heavy atom. The zero-order chi connectivity index (χ0) is 30.1. The molecule has 0 atom stereocenters. The van der Waals surface area contributed by atoms with E-state index in [0.717, 1.165) is 56.9 Å². The highest BCUT2D eigenvalue weighted by Crippen LogP contribution is 2.43. The summed E-state index contributed by atoms with van der Waals surface area (Å²) < 4.78 is 23.1. The molecular weight excluding hydrogens is 531 g/mol. The number of carbonyl (C=O) groups excluding carboxylic acids is 1. The van der Waals surface area contributed by atoms with E-state index in [1.807, 2.05) is 76.3 Å². The molecule has 0 aliphatic carbocycles. The van der Waals surface area contributed by atoms with Crippen LogP contribution in [-0.4, -0.2) is 57.8 Å². The Hall–Kier alpha value is -4.76. The average Bonchev–Trinajstić information content (AvgIpc) is 3.52. The van der Waals surface area contributed by atoms with Gasteiger partial charge in [0.05, 0.1) is 11.9 Å². The molecule has 0 saturated carbocycles. The number of nitrogens with zero attached hydrogens (tertiary/aromatic N) is 4. The molecule has 216 valence electrons. The molecular formula is C33H35FN6O2. The number of anilines is 1. The predicted molar refractivity (Wildman–Crippen MR) is 166 cm³/mol. The Bertz CT molecular complexity index is 1800. The molecule has 9 heteroatoms. The summed E-state index contributed by atoms with van der Waals surface area (Å²) in [4.78, 5) is 22.5. The summed E-state index contributed by atoms with van der Waals surface area (Å²) in [6.07, 6.45) is 4.85. The normalized spacial score (nSPS) is 11.3. The molecule has 0 aliphatic rings. The number of amides is 1. The number of carbonyl (C=O) groups is 1. The van der Waals surface area contributed by atoms with Gasteiger partial charge in [-0.1, -0.05) is 6.58 Å². The zero-order valence-corrected chi connectivity index (χ0v) is 24.8. The molecule has 42 heavy (non-hydrogen) atoms. The van der Waals surface area contributed by atoms with Crippen LogP contribution in [0.3, 0.4) is 0 Å². The Morgan fingerprint density at radius 2 is 1.83 bits per heavy atom. The number of rotatable bonds is 9. The number of benzene rings is 2.